The lowest BCUT2D eigenvalue weighted by molar-refractivity contribution is 0.354. The molecule has 0 aromatic carbocycles. The lowest BCUT2D eigenvalue weighted by Crippen LogP contribution is -2.23. The monoisotopic (exact) mass is 261 g/mol. The Labute approximate surface area is 115 Å². The van der Waals surface area contributed by atoms with Crippen LogP contribution in [-0.4, -0.2) is 23.1 Å². The van der Waals surface area contributed by atoms with E-state index in [9.17, 15) is 0 Å². The summed E-state index contributed by atoms with van der Waals surface area (Å²) in [5.74, 6) is 2.18. The van der Waals surface area contributed by atoms with Crippen LogP contribution in [0.15, 0.2) is 6.07 Å². The molecule has 1 rings (SSSR count). The Morgan fingerprint density at radius 2 is 1.89 bits per heavy atom. The first kappa shape index (κ1) is 15.2. The van der Waals surface area contributed by atoms with Crippen LogP contribution in [0.25, 0.3) is 0 Å². The van der Waals surface area contributed by atoms with Crippen molar-refractivity contribution in [3.8, 4) is 6.07 Å². The third-order valence-corrected chi connectivity index (χ3v) is 2.86. The molecule has 0 unspecified atom stereocenters. The van der Waals surface area contributed by atoms with Crippen molar-refractivity contribution < 1.29 is 0 Å². The van der Waals surface area contributed by atoms with Crippen LogP contribution in [0.3, 0.4) is 0 Å². The predicted octanol–water partition coefficient (Wildman–Crippen LogP) is 2.96. The molecule has 0 spiro atoms. The van der Waals surface area contributed by atoms with Gasteiger partial charge >= 0.3 is 0 Å². The van der Waals surface area contributed by atoms with Crippen LogP contribution in [0.4, 0.5) is 11.6 Å². The van der Waals surface area contributed by atoms with Crippen molar-refractivity contribution in [3.05, 3.63) is 11.9 Å². The van der Waals surface area contributed by atoms with Crippen molar-refractivity contribution in [2.45, 2.75) is 40.5 Å². The first-order valence-corrected chi connectivity index (χ1v) is 6.67. The SMILES string of the molecule is CCCC(C)(C)CNc1cc(NCC#N)nc(C)n1. The van der Waals surface area contributed by atoms with Crippen LogP contribution in [0.5, 0.6) is 0 Å². The van der Waals surface area contributed by atoms with Crippen molar-refractivity contribution in [3.63, 3.8) is 0 Å². The fraction of sp³-hybridized carbons (Fsp3) is 0.643. The van der Waals surface area contributed by atoms with Gasteiger partial charge < -0.3 is 10.6 Å². The quantitative estimate of drug-likeness (QED) is 0.738. The van der Waals surface area contributed by atoms with Gasteiger partial charge in [-0.2, -0.15) is 5.26 Å². The molecule has 0 saturated heterocycles. The van der Waals surface area contributed by atoms with Crippen molar-refractivity contribution >= 4 is 11.6 Å². The number of hydrogen-bond acceptors (Lipinski definition) is 5. The Morgan fingerprint density at radius 3 is 2.47 bits per heavy atom. The van der Waals surface area contributed by atoms with Gasteiger partial charge in [0.1, 0.15) is 24.0 Å². The van der Waals surface area contributed by atoms with Crippen LogP contribution in [0.2, 0.25) is 0 Å². The van der Waals surface area contributed by atoms with Gasteiger partial charge in [0.25, 0.3) is 0 Å². The second-order valence-electron chi connectivity index (χ2n) is 5.47. The second kappa shape index (κ2) is 6.93. The second-order valence-corrected chi connectivity index (χ2v) is 5.47. The molecule has 0 saturated carbocycles. The average molecular weight is 261 g/mol. The van der Waals surface area contributed by atoms with E-state index in [0.717, 1.165) is 12.4 Å². The highest BCUT2D eigenvalue weighted by atomic mass is 15.1. The lowest BCUT2D eigenvalue weighted by atomic mass is 9.88. The number of aromatic nitrogens is 2. The first-order chi connectivity index (χ1) is 8.96. The van der Waals surface area contributed by atoms with Crippen molar-refractivity contribution in [1.82, 2.24) is 9.97 Å². The van der Waals surface area contributed by atoms with E-state index in [1.165, 1.54) is 12.8 Å². The molecule has 1 aromatic rings. The highest BCUT2D eigenvalue weighted by Crippen LogP contribution is 2.22. The van der Waals surface area contributed by atoms with Gasteiger partial charge in [0.2, 0.25) is 0 Å². The van der Waals surface area contributed by atoms with Gasteiger partial charge in [-0.25, -0.2) is 9.97 Å². The molecule has 0 atom stereocenters. The Morgan fingerprint density at radius 1 is 1.26 bits per heavy atom. The Kier molecular flexibility index (Phi) is 5.56. The third-order valence-electron chi connectivity index (χ3n) is 2.86. The summed E-state index contributed by atoms with van der Waals surface area (Å²) in [6.07, 6.45) is 2.34. The summed E-state index contributed by atoms with van der Waals surface area (Å²) in [6.45, 7) is 9.64. The molecule has 0 aliphatic rings. The number of nitrogens with one attached hydrogen (secondary N) is 2. The summed E-state index contributed by atoms with van der Waals surface area (Å²) in [5, 5.41) is 14.9. The van der Waals surface area contributed by atoms with Gasteiger partial charge in [-0.1, -0.05) is 27.2 Å². The number of nitriles is 1. The number of aryl methyl sites for hydroxylation is 1. The standard InChI is InChI=1S/C14H23N5/c1-5-6-14(3,4)10-17-13-9-12(16-8-7-15)18-11(2)19-13/h9H,5-6,8,10H2,1-4H3,(H2,16,17,18,19). The summed E-state index contributed by atoms with van der Waals surface area (Å²) >= 11 is 0. The zero-order chi connectivity index (χ0) is 14.3. The van der Waals surface area contributed by atoms with E-state index in [1.807, 2.05) is 19.1 Å². The average Bonchev–Trinajstić information content (AvgIpc) is 2.33. The summed E-state index contributed by atoms with van der Waals surface area (Å²) < 4.78 is 0. The Balaban J connectivity index is 2.68. The largest absolute Gasteiger partial charge is 0.369 e. The molecule has 5 heteroatoms. The maximum absolute atomic E-state index is 8.56. The summed E-state index contributed by atoms with van der Waals surface area (Å²) in [5.41, 5.74) is 0.244. The Hall–Kier alpha value is -1.83. The Bertz CT molecular complexity index is 448. The molecule has 0 aliphatic heterocycles. The fourth-order valence-corrected chi connectivity index (χ4v) is 1.97. The lowest BCUT2D eigenvalue weighted by Gasteiger charge is -2.24. The van der Waals surface area contributed by atoms with Crippen LogP contribution in [-0.2, 0) is 0 Å². The molecule has 0 amide bonds. The summed E-state index contributed by atoms with van der Waals surface area (Å²) in [6, 6.07) is 3.88. The zero-order valence-electron chi connectivity index (χ0n) is 12.2. The highest BCUT2D eigenvalue weighted by Gasteiger charge is 2.16. The number of anilines is 2. The molecule has 0 aliphatic carbocycles. The van der Waals surface area contributed by atoms with Crippen LogP contribution in [0.1, 0.15) is 39.4 Å². The molecule has 1 heterocycles. The maximum atomic E-state index is 8.56. The normalized spacial score (nSPS) is 10.9. The van der Waals surface area contributed by atoms with Crippen molar-refractivity contribution in [2.75, 3.05) is 23.7 Å². The first-order valence-electron chi connectivity index (χ1n) is 6.67. The number of hydrogen-bond donors (Lipinski definition) is 2. The van der Waals surface area contributed by atoms with E-state index in [0.29, 0.717) is 11.6 Å². The van der Waals surface area contributed by atoms with E-state index in [2.05, 4.69) is 41.4 Å². The maximum Gasteiger partial charge on any atom is 0.132 e. The van der Waals surface area contributed by atoms with Gasteiger partial charge in [-0.05, 0) is 18.8 Å². The molecule has 2 N–H and O–H groups in total. The topological polar surface area (TPSA) is 73.6 Å². The van der Waals surface area contributed by atoms with Crippen molar-refractivity contribution in [2.24, 2.45) is 5.41 Å². The molecule has 104 valence electrons. The van der Waals surface area contributed by atoms with Gasteiger partial charge in [0, 0.05) is 12.6 Å². The minimum Gasteiger partial charge on any atom is -0.369 e. The number of nitrogens with zero attached hydrogens (tertiary/aromatic N) is 3. The van der Waals surface area contributed by atoms with Crippen LogP contribution < -0.4 is 10.6 Å². The highest BCUT2D eigenvalue weighted by molar-refractivity contribution is 5.48. The van der Waals surface area contributed by atoms with Crippen molar-refractivity contribution in [1.29, 1.82) is 5.26 Å². The third kappa shape index (κ3) is 5.56. The van der Waals surface area contributed by atoms with Gasteiger partial charge in [-0.3, -0.25) is 0 Å². The minimum absolute atomic E-state index is 0.244. The molecule has 1 aromatic heterocycles. The van der Waals surface area contributed by atoms with E-state index >= 15 is 0 Å². The smallest absolute Gasteiger partial charge is 0.132 e. The van der Waals surface area contributed by atoms with E-state index in [4.69, 9.17) is 5.26 Å². The number of rotatable bonds is 7. The van der Waals surface area contributed by atoms with E-state index in [1.54, 1.807) is 0 Å². The molecular weight excluding hydrogens is 238 g/mol. The van der Waals surface area contributed by atoms with Crippen LogP contribution in [0, 0.1) is 23.7 Å². The van der Waals surface area contributed by atoms with E-state index < -0.39 is 0 Å². The van der Waals surface area contributed by atoms with Gasteiger partial charge in [0.15, 0.2) is 0 Å². The summed E-state index contributed by atoms with van der Waals surface area (Å²) in [4.78, 5) is 8.60. The fourth-order valence-electron chi connectivity index (χ4n) is 1.97. The molecule has 5 nitrogen and oxygen atoms in total. The van der Waals surface area contributed by atoms with E-state index in [-0.39, 0.29) is 12.0 Å². The zero-order valence-corrected chi connectivity index (χ0v) is 12.2. The molecule has 0 bridgehead atoms. The molecule has 0 radical (unpaired) electrons. The van der Waals surface area contributed by atoms with Gasteiger partial charge in [0.05, 0.1) is 6.07 Å². The molecule has 0 fully saturated rings. The minimum atomic E-state index is 0.244. The van der Waals surface area contributed by atoms with Crippen LogP contribution >= 0.6 is 0 Å². The predicted molar refractivity (Wildman–Crippen MR) is 78.1 cm³/mol. The molecule has 19 heavy (non-hydrogen) atoms. The summed E-state index contributed by atoms with van der Waals surface area (Å²) in [7, 11) is 0. The molecular formula is C14H23N5. The van der Waals surface area contributed by atoms with Gasteiger partial charge in [-0.15, -0.1) is 0 Å².